The molecule has 3 heterocycles. The Morgan fingerprint density at radius 3 is 2.77 bits per heavy atom. The van der Waals surface area contributed by atoms with E-state index in [1.54, 1.807) is 6.92 Å². The van der Waals surface area contributed by atoms with Gasteiger partial charge in [-0.2, -0.15) is 13.2 Å². The molecule has 2 fully saturated rings. The third kappa shape index (κ3) is 3.06. The first-order chi connectivity index (χ1) is 10.3. The van der Waals surface area contributed by atoms with Crippen molar-refractivity contribution in [2.24, 2.45) is 11.8 Å². The van der Waals surface area contributed by atoms with Crippen LogP contribution in [0.3, 0.4) is 0 Å². The van der Waals surface area contributed by atoms with E-state index < -0.39 is 12.0 Å². The Hall–Kier alpha value is -1.70. The van der Waals surface area contributed by atoms with Crippen LogP contribution in [0.4, 0.5) is 13.2 Å². The van der Waals surface area contributed by atoms with Gasteiger partial charge in [0.2, 0.25) is 11.7 Å². The molecular formula is C14H17F3N4O. The average molecular weight is 314 g/mol. The van der Waals surface area contributed by atoms with Gasteiger partial charge in [-0.25, -0.2) is 9.97 Å². The summed E-state index contributed by atoms with van der Waals surface area (Å²) in [4.78, 5) is 20.5. The first-order valence-corrected chi connectivity index (χ1v) is 7.21. The molecule has 1 aromatic rings. The number of carbonyl (C=O) groups excluding carboxylic acids is 1. The maximum Gasteiger partial charge on any atom is 0.451 e. The van der Waals surface area contributed by atoms with Crippen molar-refractivity contribution in [3.8, 4) is 0 Å². The number of halogens is 3. The number of hydrogen-bond donors (Lipinski definition) is 1. The number of likely N-dealkylation sites (tertiary alicyclic amines) is 1. The summed E-state index contributed by atoms with van der Waals surface area (Å²) in [5.74, 6) is -0.256. The van der Waals surface area contributed by atoms with Gasteiger partial charge in [-0.05, 0) is 18.8 Å². The maximum absolute atomic E-state index is 12.6. The lowest BCUT2D eigenvalue weighted by Gasteiger charge is -2.23. The molecule has 0 bridgehead atoms. The summed E-state index contributed by atoms with van der Waals surface area (Å²) in [5, 5.41) is 2.86. The average Bonchev–Trinajstić information content (AvgIpc) is 2.81. The zero-order valence-corrected chi connectivity index (χ0v) is 12.2. The van der Waals surface area contributed by atoms with Crippen LogP contribution in [0.15, 0.2) is 6.20 Å². The van der Waals surface area contributed by atoms with Crippen LogP contribution in [0.5, 0.6) is 0 Å². The number of piperidine rings is 1. The number of fused-ring (bicyclic) bond motifs is 1. The van der Waals surface area contributed by atoms with E-state index in [1.807, 2.05) is 0 Å². The highest BCUT2D eigenvalue weighted by Gasteiger charge is 2.38. The van der Waals surface area contributed by atoms with Crippen LogP contribution < -0.4 is 5.32 Å². The Morgan fingerprint density at radius 1 is 1.36 bits per heavy atom. The van der Waals surface area contributed by atoms with E-state index in [2.05, 4.69) is 20.2 Å². The van der Waals surface area contributed by atoms with Crippen molar-refractivity contribution in [1.82, 2.24) is 20.2 Å². The number of carbonyl (C=O) groups is 1. The fourth-order valence-electron chi connectivity index (χ4n) is 3.21. The van der Waals surface area contributed by atoms with Gasteiger partial charge < -0.3 is 5.32 Å². The number of hydrogen-bond acceptors (Lipinski definition) is 4. The Kier molecular flexibility index (Phi) is 3.80. The highest BCUT2D eigenvalue weighted by atomic mass is 19.4. The standard InChI is InChI=1S/C14H17F3N4O/c1-8-10(3-19-13(20-8)14(15,16)17)6-21-5-9-2-12(22)18-4-11(9)7-21/h3,9,11H,2,4-7H2,1H3,(H,18,22)/t9-,11+/m1/s1. The van der Waals surface area contributed by atoms with Gasteiger partial charge in [0.05, 0.1) is 0 Å². The molecule has 3 rings (SSSR count). The molecule has 1 aromatic heterocycles. The summed E-state index contributed by atoms with van der Waals surface area (Å²) in [6, 6.07) is 0. The van der Waals surface area contributed by atoms with Crippen LogP contribution in [0.1, 0.15) is 23.5 Å². The molecule has 0 saturated carbocycles. The third-order valence-electron chi connectivity index (χ3n) is 4.39. The van der Waals surface area contributed by atoms with Crippen LogP contribution in [-0.4, -0.2) is 40.4 Å². The van der Waals surface area contributed by atoms with Crippen molar-refractivity contribution >= 4 is 5.91 Å². The predicted molar refractivity (Wildman–Crippen MR) is 71.7 cm³/mol. The fourth-order valence-corrected chi connectivity index (χ4v) is 3.21. The second-order valence-electron chi connectivity index (χ2n) is 6.02. The lowest BCUT2D eigenvalue weighted by Crippen LogP contribution is -2.39. The summed E-state index contributed by atoms with van der Waals surface area (Å²) in [5.41, 5.74) is 1.05. The molecule has 5 nitrogen and oxygen atoms in total. The SMILES string of the molecule is Cc1nc(C(F)(F)F)ncc1CN1C[C@H]2CC(=O)NC[C@H]2C1. The van der Waals surface area contributed by atoms with Crippen LogP contribution in [0.25, 0.3) is 0 Å². The number of amides is 1. The van der Waals surface area contributed by atoms with Crippen LogP contribution >= 0.6 is 0 Å². The Bertz CT molecular complexity index is 590. The van der Waals surface area contributed by atoms with E-state index in [1.165, 1.54) is 6.20 Å². The van der Waals surface area contributed by atoms with E-state index in [0.717, 1.165) is 13.1 Å². The first kappa shape index (κ1) is 15.2. The minimum atomic E-state index is -4.52. The molecule has 0 spiro atoms. The predicted octanol–water partition coefficient (Wildman–Crippen LogP) is 1.37. The molecule has 120 valence electrons. The Morgan fingerprint density at radius 2 is 2.09 bits per heavy atom. The molecule has 2 saturated heterocycles. The lowest BCUT2D eigenvalue weighted by molar-refractivity contribution is -0.145. The number of rotatable bonds is 2. The second kappa shape index (κ2) is 5.49. The Balaban J connectivity index is 1.68. The van der Waals surface area contributed by atoms with Crippen LogP contribution in [0.2, 0.25) is 0 Å². The second-order valence-corrected chi connectivity index (χ2v) is 6.02. The third-order valence-corrected chi connectivity index (χ3v) is 4.39. The summed E-state index contributed by atoms with van der Waals surface area (Å²) >= 11 is 0. The van der Waals surface area contributed by atoms with Gasteiger partial charge in [0.15, 0.2) is 0 Å². The topological polar surface area (TPSA) is 58.1 Å². The quantitative estimate of drug-likeness (QED) is 0.896. The minimum Gasteiger partial charge on any atom is -0.356 e. The summed E-state index contributed by atoms with van der Waals surface area (Å²) in [6.45, 7) is 4.40. The van der Waals surface area contributed by atoms with Crippen molar-refractivity contribution in [2.45, 2.75) is 26.1 Å². The van der Waals surface area contributed by atoms with Gasteiger partial charge in [-0.15, -0.1) is 0 Å². The molecule has 0 radical (unpaired) electrons. The van der Waals surface area contributed by atoms with E-state index >= 15 is 0 Å². The molecule has 0 unspecified atom stereocenters. The zero-order valence-electron chi connectivity index (χ0n) is 12.2. The molecule has 1 amide bonds. The van der Waals surface area contributed by atoms with Crippen molar-refractivity contribution in [3.63, 3.8) is 0 Å². The minimum absolute atomic E-state index is 0.0807. The van der Waals surface area contributed by atoms with Crippen molar-refractivity contribution in [2.75, 3.05) is 19.6 Å². The number of nitrogens with one attached hydrogen (secondary N) is 1. The van der Waals surface area contributed by atoms with Gasteiger partial charge in [0.25, 0.3) is 0 Å². The van der Waals surface area contributed by atoms with E-state index in [-0.39, 0.29) is 5.91 Å². The maximum atomic E-state index is 12.6. The van der Waals surface area contributed by atoms with Gasteiger partial charge in [-0.1, -0.05) is 0 Å². The Labute approximate surface area is 125 Å². The molecule has 2 atom stereocenters. The highest BCUT2D eigenvalue weighted by molar-refractivity contribution is 5.77. The number of alkyl halides is 3. The number of aromatic nitrogens is 2. The van der Waals surface area contributed by atoms with Gasteiger partial charge in [-0.3, -0.25) is 9.69 Å². The normalized spacial score (nSPS) is 25.9. The van der Waals surface area contributed by atoms with Crippen LogP contribution in [-0.2, 0) is 17.5 Å². The molecular weight excluding hydrogens is 297 g/mol. The molecule has 1 N–H and O–H groups in total. The summed E-state index contributed by atoms with van der Waals surface area (Å²) < 4.78 is 37.7. The summed E-state index contributed by atoms with van der Waals surface area (Å²) in [6.07, 6.45) is -2.72. The summed E-state index contributed by atoms with van der Waals surface area (Å²) in [7, 11) is 0. The van der Waals surface area contributed by atoms with Crippen molar-refractivity contribution in [1.29, 1.82) is 0 Å². The molecule has 2 aliphatic rings. The van der Waals surface area contributed by atoms with E-state index in [9.17, 15) is 18.0 Å². The largest absolute Gasteiger partial charge is 0.451 e. The van der Waals surface area contributed by atoms with Gasteiger partial charge in [0, 0.05) is 50.1 Å². The monoisotopic (exact) mass is 314 g/mol. The highest BCUT2D eigenvalue weighted by Crippen LogP contribution is 2.30. The van der Waals surface area contributed by atoms with Gasteiger partial charge >= 0.3 is 6.18 Å². The number of aryl methyl sites for hydroxylation is 1. The lowest BCUT2D eigenvalue weighted by atomic mass is 9.89. The van der Waals surface area contributed by atoms with Crippen LogP contribution in [0, 0.1) is 18.8 Å². The van der Waals surface area contributed by atoms with E-state index in [0.29, 0.717) is 42.6 Å². The zero-order chi connectivity index (χ0) is 15.9. The molecule has 2 aliphatic heterocycles. The molecule has 0 aliphatic carbocycles. The number of nitrogens with zero attached hydrogens (tertiary/aromatic N) is 3. The fraction of sp³-hybridized carbons (Fsp3) is 0.643. The molecule has 0 aromatic carbocycles. The van der Waals surface area contributed by atoms with Gasteiger partial charge in [0.1, 0.15) is 0 Å². The smallest absolute Gasteiger partial charge is 0.356 e. The first-order valence-electron chi connectivity index (χ1n) is 7.21. The molecule has 22 heavy (non-hydrogen) atoms. The molecule has 8 heteroatoms. The van der Waals surface area contributed by atoms with E-state index in [4.69, 9.17) is 0 Å². The van der Waals surface area contributed by atoms with Crippen molar-refractivity contribution < 1.29 is 18.0 Å². The van der Waals surface area contributed by atoms with Crippen molar-refractivity contribution in [3.05, 3.63) is 23.3 Å².